The summed E-state index contributed by atoms with van der Waals surface area (Å²) in [6, 6.07) is 7.54. The molecule has 3 aromatic rings. The monoisotopic (exact) mass is 381 g/mol. The number of aromatic nitrogens is 2. The van der Waals surface area contributed by atoms with E-state index in [-0.39, 0.29) is 22.4 Å². The maximum atomic E-state index is 14.1. The van der Waals surface area contributed by atoms with Gasteiger partial charge in [-0.15, -0.1) is 0 Å². The van der Waals surface area contributed by atoms with Crippen molar-refractivity contribution < 1.29 is 26.7 Å². The number of amides is 1. The van der Waals surface area contributed by atoms with Gasteiger partial charge in [-0.3, -0.25) is 9.48 Å². The van der Waals surface area contributed by atoms with Crippen molar-refractivity contribution in [3.63, 3.8) is 0 Å². The van der Waals surface area contributed by atoms with Gasteiger partial charge in [-0.05, 0) is 18.2 Å². The molecule has 140 valence electrons. The first-order valence-electron chi connectivity index (χ1n) is 7.65. The fourth-order valence-corrected chi connectivity index (χ4v) is 2.59. The van der Waals surface area contributed by atoms with Gasteiger partial charge in [0.05, 0.1) is 5.56 Å². The van der Waals surface area contributed by atoms with E-state index in [2.05, 4.69) is 10.4 Å². The van der Waals surface area contributed by atoms with Gasteiger partial charge in [-0.25, -0.2) is 22.0 Å². The summed E-state index contributed by atoms with van der Waals surface area (Å²) in [5.41, 5.74) is -1.24. The molecule has 4 nitrogen and oxygen atoms in total. The lowest BCUT2D eigenvalue weighted by Gasteiger charge is -2.12. The van der Waals surface area contributed by atoms with Gasteiger partial charge in [0.15, 0.2) is 17.5 Å². The molecular weight excluding hydrogens is 369 g/mol. The number of para-hydroxylation sites is 1. The first-order chi connectivity index (χ1) is 12.8. The molecule has 1 N–H and O–H groups in total. The zero-order valence-corrected chi connectivity index (χ0v) is 13.8. The highest BCUT2D eigenvalue weighted by Gasteiger charge is 2.24. The molecule has 0 fully saturated rings. The van der Waals surface area contributed by atoms with Crippen molar-refractivity contribution in [2.75, 3.05) is 5.32 Å². The van der Waals surface area contributed by atoms with Crippen molar-refractivity contribution in [3.05, 3.63) is 71.3 Å². The summed E-state index contributed by atoms with van der Waals surface area (Å²) in [5.74, 6) is -5.32. The van der Waals surface area contributed by atoms with Crippen LogP contribution in [0.5, 0.6) is 0 Å². The third-order valence-corrected chi connectivity index (χ3v) is 3.81. The van der Waals surface area contributed by atoms with Crippen LogP contribution in [-0.2, 0) is 7.05 Å². The molecule has 1 aromatic heterocycles. The van der Waals surface area contributed by atoms with Gasteiger partial charge in [0.2, 0.25) is 0 Å². The lowest BCUT2D eigenvalue weighted by atomic mass is 10.0. The maximum absolute atomic E-state index is 14.1. The number of benzene rings is 2. The van der Waals surface area contributed by atoms with Crippen LogP contribution in [0.3, 0.4) is 0 Å². The summed E-state index contributed by atoms with van der Waals surface area (Å²) < 4.78 is 68.0. The van der Waals surface area contributed by atoms with E-state index in [1.165, 1.54) is 31.3 Å². The van der Waals surface area contributed by atoms with Gasteiger partial charge in [-0.1, -0.05) is 18.2 Å². The molecule has 0 atom stereocenters. The van der Waals surface area contributed by atoms with Crippen molar-refractivity contribution in [3.8, 4) is 11.1 Å². The third-order valence-electron chi connectivity index (χ3n) is 3.81. The summed E-state index contributed by atoms with van der Waals surface area (Å²) in [6.07, 6.45) is -1.84. The number of hydrogen-bond donors (Lipinski definition) is 1. The second kappa shape index (κ2) is 7.18. The van der Waals surface area contributed by atoms with Crippen LogP contribution in [0.1, 0.15) is 22.5 Å². The van der Waals surface area contributed by atoms with Crippen LogP contribution in [0, 0.1) is 17.5 Å². The summed E-state index contributed by atoms with van der Waals surface area (Å²) in [6.45, 7) is 0. The zero-order chi connectivity index (χ0) is 19.7. The van der Waals surface area contributed by atoms with E-state index in [9.17, 15) is 26.7 Å². The number of aryl methyl sites for hydroxylation is 1. The number of anilines is 1. The number of nitrogens with zero attached hydrogens (tertiary/aromatic N) is 2. The Morgan fingerprint density at radius 1 is 1.04 bits per heavy atom. The standard InChI is InChI=1S/C18H12F5N3O/c1-26-8-11(16(25-26)17(22)23)18(27)24-13-5-3-2-4-9(13)10-6-7-12(19)15(21)14(10)20/h2-8,17H,1H3,(H,24,27). The van der Waals surface area contributed by atoms with Gasteiger partial charge in [0.1, 0.15) is 5.69 Å². The van der Waals surface area contributed by atoms with Crippen molar-refractivity contribution in [1.82, 2.24) is 9.78 Å². The van der Waals surface area contributed by atoms with Gasteiger partial charge in [0, 0.05) is 30.1 Å². The Bertz CT molecular complexity index is 1020. The molecule has 0 radical (unpaired) electrons. The van der Waals surface area contributed by atoms with E-state index < -0.39 is 35.5 Å². The number of alkyl halides is 2. The lowest BCUT2D eigenvalue weighted by molar-refractivity contribution is 0.101. The molecule has 0 bridgehead atoms. The second-order valence-electron chi connectivity index (χ2n) is 5.62. The van der Waals surface area contributed by atoms with E-state index in [0.29, 0.717) is 0 Å². The number of rotatable bonds is 4. The van der Waals surface area contributed by atoms with Crippen molar-refractivity contribution in [2.24, 2.45) is 7.05 Å². The van der Waals surface area contributed by atoms with Crippen LogP contribution >= 0.6 is 0 Å². The SMILES string of the molecule is Cn1cc(C(=O)Nc2ccccc2-c2ccc(F)c(F)c2F)c(C(F)F)n1. The molecule has 9 heteroatoms. The molecule has 0 aliphatic carbocycles. The highest BCUT2D eigenvalue weighted by Crippen LogP contribution is 2.32. The molecule has 1 amide bonds. The van der Waals surface area contributed by atoms with Crippen LogP contribution in [-0.4, -0.2) is 15.7 Å². The summed E-state index contributed by atoms with van der Waals surface area (Å²) in [7, 11) is 1.38. The van der Waals surface area contributed by atoms with Crippen LogP contribution in [0.4, 0.5) is 27.6 Å². The summed E-state index contributed by atoms with van der Waals surface area (Å²) >= 11 is 0. The molecule has 2 aromatic carbocycles. The average Bonchev–Trinajstić information content (AvgIpc) is 3.03. The normalized spacial score (nSPS) is 11.1. The summed E-state index contributed by atoms with van der Waals surface area (Å²) in [5, 5.41) is 5.93. The Hall–Kier alpha value is -3.23. The Kier molecular flexibility index (Phi) is 4.93. The second-order valence-corrected chi connectivity index (χ2v) is 5.62. The quantitative estimate of drug-likeness (QED) is 0.526. The summed E-state index contributed by atoms with van der Waals surface area (Å²) in [4.78, 5) is 12.4. The van der Waals surface area contributed by atoms with Crippen molar-refractivity contribution >= 4 is 11.6 Å². The van der Waals surface area contributed by atoms with Crippen LogP contribution in [0.2, 0.25) is 0 Å². The van der Waals surface area contributed by atoms with E-state index in [1.54, 1.807) is 0 Å². The van der Waals surface area contributed by atoms with Gasteiger partial charge < -0.3 is 5.32 Å². The molecule has 0 spiro atoms. The lowest BCUT2D eigenvalue weighted by Crippen LogP contribution is -2.14. The molecule has 0 aliphatic rings. The first-order valence-corrected chi connectivity index (χ1v) is 7.65. The number of carbonyl (C=O) groups excluding carboxylic acids is 1. The molecule has 0 saturated carbocycles. The third kappa shape index (κ3) is 3.53. The van der Waals surface area contributed by atoms with Crippen molar-refractivity contribution in [1.29, 1.82) is 0 Å². The van der Waals surface area contributed by atoms with Crippen LogP contribution in [0.15, 0.2) is 42.6 Å². The van der Waals surface area contributed by atoms with Crippen LogP contribution in [0.25, 0.3) is 11.1 Å². The minimum absolute atomic E-state index is 0.0384. The molecule has 0 unspecified atom stereocenters. The molecule has 1 heterocycles. The predicted molar refractivity (Wildman–Crippen MR) is 87.9 cm³/mol. The topological polar surface area (TPSA) is 46.9 Å². The molecule has 3 rings (SSSR count). The minimum atomic E-state index is -2.97. The van der Waals surface area contributed by atoms with E-state index >= 15 is 0 Å². The smallest absolute Gasteiger partial charge is 0.282 e. The Morgan fingerprint density at radius 2 is 1.74 bits per heavy atom. The van der Waals surface area contributed by atoms with E-state index in [4.69, 9.17) is 0 Å². The Morgan fingerprint density at radius 3 is 2.44 bits per heavy atom. The van der Waals surface area contributed by atoms with Crippen molar-refractivity contribution in [2.45, 2.75) is 6.43 Å². The zero-order valence-electron chi connectivity index (χ0n) is 13.8. The van der Waals surface area contributed by atoms with Gasteiger partial charge in [0.25, 0.3) is 12.3 Å². The number of hydrogen-bond acceptors (Lipinski definition) is 2. The first kappa shape index (κ1) is 18.6. The van der Waals surface area contributed by atoms with Crippen LogP contribution < -0.4 is 5.32 Å². The van der Waals surface area contributed by atoms with E-state index in [0.717, 1.165) is 23.0 Å². The van der Waals surface area contributed by atoms with E-state index in [1.807, 2.05) is 0 Å². The predicted octanol–water partition coefficient (Wildman–Crippen LogP) is 4.69. The minimum Gasteiger partial charge on any atom is -0.321 e. The maximum Gasteiger partial charge on any atom is 0.282 e. The molecular formula is C18H12F5N3O. The Labute approximate surface area is 150 Å². The number of halogens is 5. The fourth-order valence-electron chi connectivity index (χ4n) is 2.59. The molecule has 27 heavy (non-hydrogen) atoms. The van der Waals surface area contributed by atoms with Gasteiger partial charge in [-0.2, -0.15) is 5.10 Å². The molecule has 0 saturated heterocycles. The average molecular weight is 381 g/mol. The largest absolute Gasteiger partial charge is 0.321 e. The number of carbonyl (C=O) groups is 1. The highest BCUT2D eigenvalue weighted by molar-refractivity contribution is 6.07. The number of nitrogens with one attached hydrogen (secondary N) is 1. The van der Waals surface area contributed by atoms with Gasteiger partial charge >= 0.3 is 0 Å². The Balaban J connectivity index is 2.01. The highest BCUT2D eigenvalue weighted by atomic mass is 19.3. The fraction of sp³-hybridized carbons (Fsp3) is 0.111. The molecule has 0 aliphatic heterocycles.